The molecule has 2 unspecified atom stereocenters. The van der Waals surface area contributed by atoms with Crippen LogP contribution in [0.4, 0.5) is 0 Å². The maximum absolute atomic E-state index is 11.7. The van der Waals surface area contributed by atoms with Crippen molar-refractivity contribution in [1.29, 1.82) is 0 Å². The molecule has 6 heteroatoms. The third-order valence-electron chi connectivity index (χ3n) is 2.66. The summed E-state index contributed by atoms with van der Waals surface area (Å²) in [4.78, 5) is 22.5. The number of carboxylic acids is 1. The molecule has 6 nitrogen and oxygen atoms in total. The fourth-order valence-electron chi connectivity index (χ4n) is 1.66. The van der Waals surface area contributed by atoms with Gasteiger partial charge >= 0.3 is 5.97 Å². The van der Waals surface area contributed by atoms with Crippen LogP contribution in [0.2, 0.25) is 0 Å². The lowest BCUT2D eigenvalue weighted by atomic mass is 10.1. The van der Waals surface area contributed by atoms with Crippen molar-refractivity contribution in [2.45, 2.75) is 18.9 Å². The van der Waals surface area contributed by atoms with Gasteiger partial charge in [0, 0.05) is 26.7 Å². The van der Waals surface area contributed by atoms with E-state index in [1.807, 2.05) is 0 Å². The zero-order chi connectivity index (χ0) is 12.0. The van der Waals surface area contributed by atoms with Gasteiger partial charge in [0.2, 0.25) is 5.91 Å². The lowest BCUT2D eigenvalue weighted by molar-refractivity contribution is -0.142. The average molecular weight is 230 g/mol. The van der Waals surface area contributed by atoms with Crippen LogP contribution in [-0.2, 0) is 14.3 Å². The molecule has 1 fully saturated rings. The number of rotatable bonds is 6. The first-order chi connectivity index (χ1) is 7.65. The van der Waals surface area contributed by atoms with Crippen LogP contribution in [0.25, 0.3) is 0 Å². The summed E-state index contributed by atoms with van der Waals surface area (Å²) in [5, 5.41) is 14.5. The van der Waals surface area contributed by atoms with Gasteiger partial charge in [0.1, 0.15) is 6.04 Å². The third-order valence-corrected chi connectivity index (χ3v) is 2.66. The van der Waals surface area contributed by atoms with Gasteiger partial charge in [0.05, 0.1) is 5.92 Å². The van der Waals surface area contributed by atoms with E-state index in [2.05, 4.69) is 10.6 Å². The summed E-state index contributed by atoms with van der Waals surface area (Å²) in [6, 6.07) is -0.854. The highest BCUT2D eigenvalue weighted by Crippen LogP contribution is 2.08. The van der Waals surface area contributed by atoms with E-state index in [0.29, 0.717) is 13.2 Å². The highest BCUT2D eigenvalue weighted by Gasteiger charge is 2.26. The first-order valence-electron chi connectivity index (χ1n) is 5.38. The Kier molecular flexibility index (Phi) is 5.21. The van der Waals surface area contributed by atoms with Gasteiger partial charge in [-0.15, -0.1) is 0 Å². The topological polar surface area (TPSA) is 87.7 Å². The number of carbonyl (C=O) groups excluding carboxylic acids is 1. The van der Waals surface area contributed by atoms with E-state index in [1.165, 1.54) is 7.11 Å². The Morgan fingerprint density at radius 3 is 2.88 bits per heavy atom. The number of carbonyl (C=O) groups is 2. The smallest absolute Gasteiger partial charge is 0.326 e. The third kappa shape index (κ3) is 3.79. The SMILES string of the molecule is COCCC(NC(=O)C1CCNC1)C(=O)O. The van der Waals surface area contributed by atoms with Crippen molar-refractivity contribution < 1.29 is 19.4 Å². The minimum Gasteiger partial charge on any atom is -0.480 e. The average Bonchev–Trinajstić information content (AvgIpc) is 2.76. The molecule has 0 aromatic heterocycles. The second kappa shape index (κ2) is 6.44. The largest absolute Gasteiger partial charge is 0.480 e. The van der Waals surface area contributed by atoms with E-state index in [9.17, 15) is 9.59 Å². The predicted molar refractivity (Wildman–Crippen MR) is 57.0 cm³/mol. The molecule has 1 heterocycles. The Balaban J connectivity index is 2.40. The first-order valence-corrected chi connectivity index (χ1v) is 5.38. The normalized spacial score (nSPS) is 21.7. The van der Waals surface area contributed by atoms with Crippen LogP contribution >= 0.6 is 0 Å². The number of hydrogen-bond acceptors (Lipinski definition) is 4. The number of nitrogens with one attached hydrogen (secondary N) is 2. The second-order valence-corrected chi connectivity index (χ2v) is 3.87. The first kappa shape index (κ1) is 12.9. The van der Waals surface area contributed by atoms with Crippen molar-refractivity contribution in [3.63, 3.8) is 0 Å². The highest BCUT2D eigenvalue weighted by atomic mass is 16.5. The molecule has 1 saturated heterocycles. The quantitative estimate of drug-likeness (QED) is 0.556. The second-order valence-electron chi connectivity index (χ2n) is 3.87. The van der Waals surface area contributed by atoms with E-state index in [1.54, 1.807) is 0 Å². The number of hydrogen-bond donors (Lipinski definition) is 3. The highest BCUT2D eigenvalue weighted by molar-refractivity contribution is 5.85. The van der Waals surface area contributed by atoms with Gasteiger partial charge in [-0.2, -0.15) is 0 Å². The number of amides is 1. The zero-order valence-electron chi connectivity index (χ0n) is 9.36. The van der Waals surface area contributed by atoms with Gasteiger partial charge in [0.25, 0.3) is 0 Å². The Labute approximate surface area is 94.3 Å². The molecular formula is C10H18N2O4. The summed E-state index contributed by atoms with van der Waals surface area (Å²) in [7, 11) is 1.50. The lowest BCUT2D eigenvalue weighted by Gasteiger charge is -2.16. The van der Waals surface area contributed by atoms with Crippen molar-refractivity contribution >= 4 is 11.9 Å². The minimum absolute atomic E-state index is 0.107. The molecule has 1 amide bonds. The van der Waals surface area contributed by atoms with Crippen molar-refractivity contribution in [3.8, 4) is 0 Å². The Morgan fingerprint density at radius 2 is 2.38 bits per heavy atom. The molecule has 16 heavy (non-hydrogen) atoms. The Bertz CT molecular complexity index is 251. The molecule has 0 radical (unpaired) electrons. The molecule has 0 aromatic carbocycles. The summed E-state index contributed by atoms with van der Waals surface area (Å²) in [6.07, 6.45) is 1.06. The monoisotopic (exact) mass is 230 g/mol. The Hall–Kier alpha value is -1.14. The summed E-state index contributed by atoms with van der Waals surface area (Å²) in [6.45, 7) is 1.76. The summed E-state index contributed by atoms with van der Waals surface area (Å²) in [5.41, 5.74) is 0. The standard InChI is InChI=1S/C10H18N2O4/c1-16-5-3-8(10(14)15)12-9(13)7-2-4-11-6-7/h7-8,11H,2-6H2,1H3,(H,12,13)(H,14,15). The van der Waals surface area contributed by atoms with E-state index in [0.717, 1.165) is 13.0 Å². The Morgan fingerprint density at radius 1 is 1.62 bits per heavy atom. The number of methoxy groups -OCH3 is 1. The number of aliphatic carboxylic acids is 1. The summed E-state index contributed by atoms with van der Waals surface area (Å²) < 4.78 is 4.80. The molecule has 1 aliphatic rings. The van der Waals surface area contributed by atoms with Gasteiger partial charge in [-0.3, -0.25) is 4.79 Å². The molecule has 0 bridgehead atoms. The molecule has 92 valence electrons. The summed E-state index contributed by atoms with van der Waals surface area (Å²) in [5.74, 6) is -1.31. The molecule has 0 aliphatic carbocycles. The van der Waals surface area contributed by atoms with Crippen molar-refractivity contribution in [2.24, 2.45) is 5.92 Å². The molecular weight excluding hydrogens is 212 g/mol. The van der Waals surface area contributed by atoms with Crippen LogP contribution in [0.3, 0.4) is 0 Å². The van der Waals surface area contributed by atoms with Gasteiger partial charge in [-0.1, -0.05) is 0 Å². The van der Waals surface area contributed by atoms with Crippen molar-refractivity contribution in [1.82, 2.24) is 10.6 Å². The minimum atomic E-state index is -1.02. The van der Waals surface area contributed by atoms with E-state index in [-0.39, 0.29) is 18.2 Å². The predicted octanol–water partition coefficient (Wildman–Crippen LogP) is -0.798. The molecule has 1 rings (SSSR count). The summed E-state index contributed by atoms with van der Waals surface area (Å²) >= 11 is 0. The zero-order valence-corrected chi connectivity index (χ0v) is 9.36. The molecule has 3 N–H and O–H groups in total. The lowest BCUT2D eigenvalue weighted by Crippen LogP contribution is -2.44. The van der Waals surface area contributed by atoms with Crippen LogP contribution in [-0.4, -0.2) is 49.8 Å². The molecule has 2 atom stereocenters. The number of ether oxygens (including phenoxy) is 1. The van der Waals surface area contributed by atoms with Crippen LogP contribution in [0.1, 0.15) is 12.8 Å². The van der Waals surface area contributed by atoms with E-state index in [4.69, 9.17) is 9.84 Å². The maximum atomic E-state index is 11.7. The molecule has 0 saturated carbocycles. The van der Waals surface area contributed by atoms with Crippen LogP contribution in [0, 0.1) is 5.92 Å². The molecule has 0 aromatic rings. The fraction of sp³-hybridized carbons (Fsp3) is 0.800. The maximum Gasteiger partial charge on any atom is 0.326 e. The molecule has 1 aliphatic heterocycles. The van der Waals surface area contributed by atoms with Crippen LogP contribution in [0.15, 0.2) is 0 Å². The van der Waals surface area contributed by atoms with Crippen molar-refractivity contribution in [2.75, 3.05) is 26.8 Å². The van der Waals surface area contributed by atoms with Gasteiger partial charge < -0.3 is 20.5 Å². The van der Waals surface area contributed by atoms with Crippen LogP contribution < -0.4 is 10.6 Å². The number of carboxylic acid groups (broad SMARTS) is 1. The van der Waals surface area contributed by atoms with E-state index < -0.39 is 12.0 Å². The fourth-order valence-corrected chi connectivity index (χ4v) is 1.66. The van der Waals surface area contributed by atoms with Gasteiger partial charge in [-0.05, 0) is 13.0 Å². The van der Waals surface area contributed by atoms with Gasteiger partial charge in [0.15, 0.2) is 0 Å². The van der Waals surface area contributed by atoms with Gasteiger partial charge in [-0.25, -0.2) is 4.79 Å². The van der Waals surface area contributed by atoms with Crippen molar-refractivity contribution in [3.05, 3.63) is 0 Å². The van der Waals surface area contributed by atoms with E-state index >= 15 is 0 Å². The van der Waals surface area contributed by atoms with Crippen LogP contribution in [0.5, 0.6) is 0 Å². The molecule has 0 spiro atoms.